The van der Waals surface area contributed by atoms with Crippen molar-refractivity contribution >= 4 is 39.1 Å². The predicted molar refractivity (Wildman–Crippen MR) is 68.2 cm³/mol. The van der Waals surface area contributed by atoms with E-state index < -0.39 is 11.5 Å². The molecule has 0 saturated heterocycles. The molecule has 1 amide bonds. The minimum absolute atomic E-state index is 0.223. The summed E-state index contributed by atoms with van der Waals surface area (Å²) in [6, 6.07) is 3.76. The molecule has 1 aliphatic rings. The Bertz CT molecular complexity index is 467. The summed E-state index contributed by atoms with van der Waals surface area (Å²) in [6.07, 6.45) is 1.05. The van der Waals surface area contributed by atoms with Gasteiger partial charge in [-0.15, -0.1) is 11.3 Å². The molecule has 1 aromatic rings. The van der Waals surface area contributed by atoms with E-state index in [0.717, 1.165) is 8.66 Å². The lowest BCUT2D eigenvalue weighted by molar-refractivity contribution is -0.143. The molecule has 0 bridgehead atoms. The second-order valence-corrected chi connectivity index (χ2v) is 6.73. The molecule has 92 valence electrons. The first-order chi connectivity index (χ1) is 7.94. The average molecular weight is 318 g/mol. The molecule has 1 heterocycles. The Hall–Kier alpha value is -0.880. The first-order valence-electron chi connectivity index (χ1n) is 5.25. The number of carboxylic acids is 1. The van der Waals surface area contributed by atoms with E-state index in [1.807, 2.05) is 12.1 Å². The Morgan fingerprint density at radius 1 is 1.53 bits per heavy atom. The molecule has 1 saturated carbocycles. The van der Waals surface area contributed by atoms with Crippen LogP contribution in [0.5, 0.6) is 0 Å². The van der Waals surface area contributed by atoms with Gasteiger partial charge in [0.05, 0.1) is 9.70 Å². The topological polar surface area (TPSA) is 66.4 Å². The van der Waals surface area contributed by atoms with Gasteiger partial charge in [0.2, 0.25) is 5.91 Å². The lowest BCUT2D eigenvalue weighted by atomic mass is 10.1. The summed E-state index contributed by atoms with van der Waals surface area (Å²) in [4.78, 5) is 23.8. The third-order valence-electron chi connectivity index (χ3n) is 2.94. The highest BCUT2D eigenvalue weighted by Crippen LogP contribution is 2.37. The highest BCUT2D eigenvalue weighted by molar-refractivity contribution is 9.11. The van der Waals surface area contributed by atoms with Gasteiger partial charge in [-0.3, -0.25) is 4.79 Å². The van der Waals surface area contributed by atoms with E-state index in [1.165, 1.54) is 11.3 Å². The average Bonchev–Trinajstić information content (AvgIpc) is 2.92. The van der Waals surface area contributed by atoms with Crippen molar-refractivity contribution in [2.24, 2.45) is 0 Å². The maximum atomic E-state index is 11.9. The Labute approximate surface area is 111 Å². The molecular weight excluding hydrogens is 306 g/mol. The number of thiophene rings is 1. The molecule has 1 atom stereocenters. The van der Waals surface area contributed by atoms with Crippen LogP contribution in [0, 0.1) is 0 Å². The summed E-state index contributed by atoms with van der Waals surface area (Å²) >= 11 is 4.83. The van der Waals surface area contributed by atoms with Gasteiger partial charge in [0.1, 0.15) is 5.54 Å². The van der Waals surface area contributed by atoms with Gasteiger partial charge in [0.25, 0.3) is 0 Å². The lowest BCUT2D eigenvalue weighted by Crippen LogP contribution is -2.44. The van der Waals surface area contributed by atoms with Gasteiger partial charge in [-0.05, 0) is 47.8 Å². The number of nitrogens with one attached hydrogen (secondary N) is 1. The molecule has 1 unspecified atom stereocenters. The van der Waals surface area contributed by atoms with Gasteiger partial charge < -0.3 is 10.4 Å². The summed E-state index contributed by atoms with van der Waals surface area (Å²) in [6.45, 7) is 1.78. The van der Waals surface area contributed by atoms with Crippen LogP contribution in [-0.4, -0.2) is 22.5 Å². The van der Waals surface area contributed by atoms with Gasteiger partial charge in [0.15, 0.2) is 0 Å². The molecule has 4 nitrogen and oxygen atoms in total. The number of carbonyl (C=O) groups is 2. The Morgan fingerprint density at radius 2 is 2.18 bits per heavy atom. The number of hydrogen-bond acceptors (Lipinski definition) is 3. The van der Waals surface area contributed by atoms with Crippen LogP contribution in [0.3, 0.4) is 0 Å². The van der Waals surface area contributed by atoms with Gasteiger partial charge >= 0.3 is 5.97 Å². The van der Waals surface area contributed by atoms with Crippen molar-refractivity contribution in [1.82, 2.24) is 5.32 Å². The zero-order valence-corrected chi connectivity index (χ0v) is 11.6. The van der Waals surface area contributed by atoms with E-state index in [2.05, 4.69) is 21.2 Å². The second-order valence-electron chi connectivity index (χ2n) is 4.24. The molecule has 1 aliphatic carbocycles. The molecule has 0 radical (unpaired) electrons. The fourth-order valence-electron chi connectivity index (χ4n) is 1.55. The summed E-state index contributed by atoms with van der Waals surface area (Å²) in [5.74, 6) is -1.48. The highest BCUT2D eigenvalue weighted by Gasteiger charge is 2.52. The molecular formula is C11H12BrNO3S. The minimum Gasteiger partial charge on any atom is -0.480 e. The number of aliphatic carboxylic acids is 1. The first-order valence-corrected chi connectivity index (χ1v) is 6.86. The number of carbonyl (C=O) groups excluding carboxylic acids is 1. The zero-order valence-electron chi connectivity index (χ0n) is 9.20. The molecule has 0 spiro atoms. The summed E-state index contributed by atoms with van der Waals surface area (Å²) in [7, 11) is 0. The quantitative estimate of drug-likeness (QED) is 0.895. The van der Waals surface area contributed by atoms with E-state index in [4.69, 9.17) is 5.11 Å². The van der Waals surface area contributed by atoms with Crippen molar-refractivity contribution in [3.05, 3.63) is 20.8 Å². The van der Waals surface area contributed by atoms with Crippen LogP contribution in [0.2, 0.25) is 0 Å². The molecule has 0 aliphatic heterocycles. The van der Waals surface area contributed by atoms with Crippen LogP contribution in [0.15, 0.2) is 15.9 Å². The normalized spacial score (nSPS) is 18.5. The maximum Gasteiger partial charge on any atom is 0.329 e. The molecule has 1 aromatic heterocycles. The van der Waals surface area contributed by atoms with E-state index >= 15 is 0 Å². The van der Waals surface area contributed by atoms with Crippen LogP contribution in [0.4, 0.5) is 0 Å². The number of halogens is 1. The monoisotopic (exact) mass is 317 g/mol. The van der Waals surface area contributed by atoms with Gasteiger partial charge in [-0.25, -0.2) is 4.79 Å². The fraction of sp³-hybridized carbons (Fsp3) is 0.455. The standard InChI is InChI=1S/C11H12BrNO3S/c1-6(7-2-3-8(12)17-7)9(14)13-11(4-5-11)10(15)16/h2-3,6H,4-5H2,1H3,(H,13,14)(H,15,16). The second kappa shape index (κ2) is 4.42. The lowest BCUT2D eigenvalue weighted by Gasteiger charge is -2.15. The van der Waals surface area contributed by atoms with E-state index in [1.54, 1.807) is 6.92 Å². The third-order valence-corrected chi connectivity index (χ3v) is 4.74. The van der Waals surface area contributed by atoms with Crippen LogP contribution in [-0.2, 0) is 9.59 Å². The predicted octanol–water partition coefficient (Wildman–Crippen LogP) is 2.35. The van der Waals surface area contributed by atoms with E-state index in [0.29, 0.717) is 12.8 Å². The van der Waals surface area contributed by atoms with Crippen LogP contribution >= 0.6 is 27.3 Å². The zero-order chi connectivity index (χ0) is 12.6. The van der Waals surface area contributed by atoms with Crippen molar-refractivity contribution in [2.75, 3.05) is 0 Å². The van der Waals surface area contributed by atoms with Gasteiger partial charge in [0, 0.05) is 4.88 Å². The van der Waals surface area contributed by atoms with E-state index in [9.17, 15) is 9.59 Å². The Balaban J connectivity index is 2.04. The Morgan fingerprint density at radius 3 is 2.59 bits per heavy atom. The SMILES string of the molecule is CC(C(=O)NC1(C(=O)O)CC1)c1ccc(Br)s1. The number of carboxylic acid groups (broad SMARTS) is 1. The van der Waals surface area contributed by atoms with Crippen molar-refractivity contribution in [3.8, 4) is 0 Å². The number of hydrogen-bond donors (Lipinski definition) is 2. The maximum absolute atomic E-state index is 11.9. The largest absolute Gasteiger partial charge is 0.480 e. The van der Waals surface area contributed by atoms with Crippen LogP contribution < -0.4 is 5.32 Å². The summed E-state index contributed by atoms with van der Waals surface area (Å²) in [5.41, 5.74) is -1.00. The molecule has 6 heteroatoms. The Kier molecular flexibility index (Phi) is 3.27. The van der Waals surface area contributed by atoms with Gasteiger partial charge in [-0.2, -0.15) is 0 Å². The van der Waals surface area contributed by atoms with Crippen molar-refractivity contribution < 1.29 is 14.7 Å². The van der Waals surface area contributed by atoms with Crippen molar-refractivity contribution in [2.45, 2.75) is 31.2 Å². The fourth-order valence-corrected chi connectivity index (χ4v) is 3.03. The summed E-state index contributed by atoms with van der Waals surface area (Å²) in [5, 5.41) is 11.6. The highest BCUT2D eigenvalue weighted by atomic mass is 79.9. The van der Waals surface area contributed by atoms with Crippen LogP contribution in [0.1, 0.15) is 30.6 Å². The van der Waals surface area contributed by atoms with Crippen molar-refractivity contribution in [3.63, 3.8) is 0 Å². The third kappa shape index (κ3) is 2.52. The first kappa shape index (κ1) is 12.6. The molecule has 17 heavy (non-hydrogen) atoms. The minimum atomic E-state index is -1.00. The van der Waals surface area contributed by atoms with Crippen molar-refractivity contribution in [1.29, 1.82) is 0 Å². The summed E-state index contributed by atoms with van der Waals surface area (Å²) < 4.78 is 0.964. The number of amides is 1. The van der Waals surface area contributed by atoms with E-state index in [-0.39, 0.29) is 11.8 Å². The van der Waals surface area contributed by atoms with Crippen LogP contribution in [0.25, 0.3) is 0 Å². The number of rotatable bonds is 4. The molecule has 2 N–H and O–H groups in total. The molecule has 2 rings (SSSR count). The van der Waals surface area contributed by atoms with Gasteiger partial charge in [-0.1, -0.05) is 0 Å². The smallest absolute Gasteiger partial charge is 0.329 e. The molecule has 1 fully saturated rings. The molecule has 0 aromatic carbocycles.